The molecule has 0 saturated carbocycles. The van der Waals surface area contributed by atoms with Gasteiger partial charge >= 0.3 is 0 Å². The molecule has 1 aromatic heterocycles. The zero-order chi connectivity index (χ0) is 14.7. The van der Waals surface area contributed by atoms with E-state index in [1.165, 1.54) is 5.56 Å². The Kier molecular flexibility index (Phi) is 2.20. The van der Waals surface area contributed by atoms with Gasteiger partial charge in [0.15, 0.2) is 5.78 Å². The van der Waals surface area contributed by atoms with Crippen LogP contribution in [-0.2, 0) is 12.8 Å². The van der Waals surface area contributed by atoms with Crippen molar-refractivity contribution < 1.29 is 4.79 Å². The molecule has 1 heterocycles. The summed E-state index contributed by atoms with van der Waals surface area (Å²) in [6.45, 7) is 0. The second-order valence-electron chi connectivity index (χ2n) is 5.78. The standard InChI is InChI=1S/C19H12N2O/c22-19-14-8-4-3-7-13(14)18-17(19)16-12-6-2-1-5-11(12)9-10-15(16)20-21-18/h1-8H,9-10H2. The Bertz CT molecular complexity index is 959. The number of carbonyl (C=O) groups excluding carboxylic acids is 1. The van der Waals surface area contributed by atoms with Gasteiger partial charge in [-0.3, -0.25) is 4.79 Å². The van der Waals surface area contributed by atoms with E-state index in [2.05, 4.69) is 28.4 Å². The molecule has 3 nitrogen and oxygen atoms in total. The van der Waals surface area contributed by atoms with Crippen molar-refractivity contribution in [3.05, 3.63) is 70.9 Å². The van der Waals surface area contributed by atoms with Crippen molar-refractivity contribution in [3.8, 4) is 22.4 Å². The van der Waals surface area contributed by atoms with Gasteiger partial charge in [-0.15, -0.1) is 5.10 Å². The molecule has 0 saturated heterocycles. The van der Waals surface area contributed by atoms with E-state index in [4.69, 9.17) is 0 Å². The number of fused-ring (bicyclic) bond motifs is 7. The van der Waals surface area contributed by atoms with Crippen LogP contribution in [0.15, 0.2) is 48.5 Å². The summed E-state index contributed by atoms with van der Waals surface area (Å²) in [6.07, 6.45) is 1.80. The monoisotopic (exact) mass is 284 g/mol. The van der Waals surface area contributed by atoms with Gasteiger partial charge in [0.2, 0.25) is 0 Å². The molecule has 0 unspecified atom stereocenters. The third kappa shape index (κ3) is 1.38. The number of nitrogens with zero attached hydrogens (tertiary/aromatic N) is 2. The number of hydrogen-bond donors (Lipinski definition) is 0. The fourth-order valence-corrected chi connectivity index (χ4v) is 3.61. The Balaban J connectivity index is 1.89. The first-order chi connectivity index (χ1) is 10.8. The summed E-state index contributed by atoms with van der Waals surface area (Å²) in [4.78, 5) is 12.9. The smallest absolute Gasteiger partial charge is 0.196 e. The lowest BCUT2D eigenvalue weighted by Crippen LogP contribution is -2.12. The summed E-state index contributed by atoms with van der Waals surface area (Å²) >= 11 is 0. The molecule has 2 aromatic carbocycles. The minimum Gasteiger partial charge on any atom is -0.288 e. The van der Waals surface area contributed by atoms with E-state index >= 15 is 0 Å². The first-order valence-electron chi connectivity index (χ1n) is 7.46. The molecule has 0 radical (unpaired) electrons. The number of hydrogen-bond acceptors (Lipinski definition) is 3. The van der Waals surface area contributed by atoms with Crippen LogP contribution in [0.25, 0.3) is 22.4 Å². The van der Waals surface area contributed by atoms with Crippen molar-refractivity contribution in [3.63, 3.8) is 0 Å². The van der Waals surface area contributed by atoms with Crippen LogP contribution < -0.4 is 0 Å². The Morgan fingerprint density at radius 1 is 0.727 bits per heavy atom. The Hall–Kier alpha value is -2.81. The average Bonchev–Trinajstić information content (AvgIpc) is 2.88. The van der Waals surface area contributed by atoms with Crippen LogP contribution in [0.1, 0.15) is 27.2 Å². The van der Waals surface area contributed by atoms with Crippen LogP contribution >= 0.6 is 0 Å². The fourth-order valence-electron chi connectivity index (χ4n) is 3.61. The fraction of sp³-hybridized carbons (Fsp3) is 0.105. The van der Waals surface area contributed by atoms with E-state index in [-0.39, 0.29) is 5.78 Å². The maximum Gasteiger partial charge on any atom is 0.196 e. The Morgan fingerprint density at radius 2 is 1.45 bits per heavy atom. The maximum atomic E-state index is 12.9. The van der Waals surface area contributed by atoms with E-state index in [9.17, 15) is 4.79 Å². The van der Waals surface area contributed by atoms with Gasteiger partial charge in [0.05, 0.1) is 11.3 Å². The van der Waals surface area contributed by atoms with Crippen LogP contribution in [0.5, 0.6) is 0 Å². The van der Waals surface area contributed by atoms with Crippen LogP contribution in [0, 0.1) is 0 Å². The normalized spacial score (nSPS) is 14.1. The second kappa shape index (κ2) is 4.10. The molecule has 22 heavy (non-hydrogen) atoms. The van der Waals surface area contributed by atoms with Crippen molar-refractivity contribution >= 4 is 5.78 Å². The highest BCUT2D eigenvalue weighted by Gasteiger charge is 2.34. The lowest BCUT2D eigenvalue weighted by Gasteiger charge is -2.20. The van der Waals surface area contributed by atoms with E-state index < -0.39 is 0 Å². The first kappa shape index (κ1) is 11.8. The highest BCUT2D eigenvalue weighted by atomic mass is 16.1. The average molecular weight is 284 g/mol. The minimum absolute atomic E-state index is 0.0773. The lowest BCUT2D eigenvalue weighted by molar-refractivity contribution is 0.104. The molecule has 0 fully saturated rings. The molecule has 3 aromatic rings. The highest BCUT2D eigenvalue weighted by Crippen LogP contribution is 2.43. The SMILES string of the molecule is O=C1c2ccccc2-c2nnc3c(c21)-c1ccccc1CC3. The van der Waals surface area contributed by atoms with Crippen molar-refractivity contribution in [1.29, 1.82) is 0 Å². The number of ketones is 1. The summed E-state index contributed by atoms with van der Waals surface area (Å²) in [6, 6.07) is 16.0. The lowest BCUT2D eigenvalue weighted by atomic mass is 9.85. The molecule has 0 N–H and O–H groups in total. The number of rotatable bonds is 0. The van der Waals surface area contributed by atoms with Crippen molar-refractivity contribution in [2.45, 2.75) is 12.8 Å². The molecule has 2 aliphatic rings. The van der Waals surface area contributed by atoms with Crippen molar-refractivity contribution in [2.75, 3.05) is 0 Å². The third-order valence-corrected chi connectivity index (χ3v) is 4.62. The number of aryl methyl sites for hydroxylation is 2. The molecule has 3 heteroatoms. The van der Waals surface area contributed by atoms with Gasteiger partial charge in [0, 0.05) is 16.7 Å². The molecule has 0 amide bonds. The molecule has 2 aliphatic carbocycles. The van der Waals surface area contributed by atoms with Gasteiger partial charge in [-0.25, -0.2) is 0 Å². The quantitative estimate of drug-likeness (QED) is 0.496. The van der Waals surface area contributed by atoms with Crippen molar-refractivity contribution in [2.24, 2.45) is 0 Å². The summed E-state index contributed by atoms with van der Waals surface area (Å²) in [5.74, 6) is 0.0773. The molecule has 0 bridgehead atoms. The third-order valence-electron chi connectivity index (χ3n) is 4.62. The molecule has 0 spiro atoms. The molecule has 0 atom stereocenters. The van der Waals surface area contributed by atoms with Crippen molar-refractivity contribution in [1.82, 2.24) is 10.2 Å². The first-order valence-corrected chi connectivity index (χ1v) is 7.46. The molecule has 104 valence electrons. The van der Waals surface area contributed by atoms with E-state index in [0.29, 0.717) is 0 Å². The number of aromatic nitrogens is 2. The van der Waals surface area contributed by atoms with E-state index in [0.717, 1.165) is 52.0 Å². The zero-order valence-corrected chi connectivity index (χ0v) is 11.8. The second-order valence-corrected chi connectivity index (χ2v) is 5.78. The highest BCUT2D eigenvalue weighted by molar-refractivity contribution is 6.24. The summed E-state index contributed by atoms with van der Waals surface area (Å²) in [5.41, 5.74) is 7.47. The van der Waals surface area contributed by atoms with Gasteiger partial charge < -0.3 is 0 Å². The summed E-state index contributed by atoms with van der Waals surface area (Å²) in [5, 5.41) is 8.79. The molecule has 0 aliphatic heterocycles. The Labute approximate surface area is 127 Å². The minimum atomic E-state index is 0.0773. The zero-order valence-electron chi connectivity index (χ0n) is 11.8. The van der Waals surface area contributed by atoms with Gasteiger partial charge in [-0.1, -0.05) is 48.5 Å². The van der Waals surface area contributed by atoms with Gasteiger partial charge in [0.1, 0.15) is 5.69 Å². The number of carbonyl (C=O) groups is 1. The predicted molar refractivity (Wildman–Crippen MR) is 83.7 cm³/mol. The summed E-state index contributed by atoms with van der Waals surface area (Å²) in [7, 11) is 0. The van der Waals surface area contributed by atoms with Gasteiger partial charge in [0.25, 0.3) is 0 Å². The topological polar surface area (TPSA) is 42.9 Å². The Morgan fingerprint density at radius 3 is 2.32 bits per heavy atom. The van der Waals surface area contributed by atoms with Crippen LogP contribution in [0.4, 0.5) is 0 Å². The molecule has 5 rings (SSSR count). The van der Waals surface area contributed by atoms with Gasteiger partial charge in [-0.2, -0.15) is 5.10 Å². The van der Waals surface area contributed by atoms with Gasteiger partial charge in [-0.05, 0) is 24.0 Å². The van der Waals surface area contributed by atoms with Crippen LogP contribution in [0.3, 0.4) is 0 Å². The maximum absolute atomic E-state index is 12.9. The summed E-state index contributed by atoms with van der Waals surface area (Å²) < 4.78 is 0. The van der Waals surface area contributed by atoms with Crippen LogP contribution in [-0.4, -0.2) is 16.0 Å². The van der Waals surface area contributed by atoms with Crippen LogP contribution in [0.2, 0.25) is 0 Å². The molecular weight excluding hydrogens is 272 g/mol. The largest absolute Gasteiger partial charge is 0.288 e. The molecular formula is C19H12N2O. The predicted octanol–water partition coefficient (Wildman–Crippen LogP) is 3.45. The van der Waals surface area contributed by atoms with E-state index in [1.54, 1.807) is 0 Å². The number of benzene rings is 2. The van der Waals surface area contributed by atoms with E-state index in [1.807, 2.05) is 30.3 Å².